The van der Waals surface area contributed by atoms with Crippen LogP contribution in [0.25, 0.3) is 0 Å². The molecular weight excluding hydrogens is 222 g/mol. The normalized spacial score (nSPS) is 30.6. The minimum absolute atomic E-state index is 0.00557. The Balaban J connectivity index is 1.97. The lowest BCUT2D eigenvalue weighted by atomic mass is 10.1. The maximum Gasteiger partial charge on any atom is 0.242 e. The van der Waals surface area contributed by atoms with Crippen molar-refractivity contribution >= 4 is 11.8 Å². The zero-order valence-electron chi connectivity index (χ0n) is 10.3. The van der Waals surface area contributed by atoms with Crippen LogP contribution < -0.4 is 5.32 Å². The first-order valence-corrected chi connectivity index (χ1v) is 5.97. The predicted molar refractivity (Wildman–Crippen MR) is 61.4 cm³/mol. The molecular formula is C11H19N3O3. The molecule has 0 aromatic carbocycles. The molecule has 0 bridgehead atoms. The van der Waals surface area contributed by atoms with Crippen LogP contribution in [0, 0.1) is 0 Å². The molecule has 2 fully saturated rings. The van der Waals surface area contributed by atoms with Gasteiger partial charge in [-0.05, 0) is 6.92 Å². The smallest absolute Gasteiger partial charge is 0.242 e. The quantitative estimate of drug-likeness (QED) is 0.617. The summed E-state index contributed by atoms with van der Waals surface area (Å²) in [6, 6.07) is -0.319. The van der Waals surface area contributed by atoms with Crippen molar-refractivity contribution in [2.45, 2.75) is 19.1 Å². The van der Waals surface area contributed by atoms with Gasteiger partial charge in [-0.3, -0.25) is 9.59 Å². The molecule has 1 N–H and O–H groups in total. The van der Waals surface area contributed by atoms with Crippen LogP contribution in [0.1, 0.15) is 6.92 Å². The lowest BCUT2D eigenvalue weighted by Gasteiger charge is -2.37. The number of carbonyl (C=O) groups is 2. The first-order valence-electron chi connectivity index (χ1n) is 5.97. The number of likely N-dealkylation sites (N-methyl/N-ethyl adjacent to an activating group) is 1. The van der Waals surface area contributed by atoms with Gasteiger partial charge >= 0.3 is 0 Å². The highest BCUT2D eigenvalue weighted by molar-refractivity contribution is 5.88. The van der Waals surface area contributed by atoms with E-state index in [0.29, 0.717) is 26.2 Å². The number of amides is 2. The third-order valence-corrected chi connectivity index (χ3v) is 3.35. The SMILES string of the molecule is C[C@H]1OCCN[C@@H]1C(=O)N1CCN(C)C(=O)C1. The van der Waals surface area contributed by atoms with Gasteiger partial charge in [0.1, 0.15) is 6.04 Å². The average molecular weight is 241 g/mol. The summed E-state index contributed by atoms with van der Waals surface area (Å²) in [4.78, 5) is 27.0. The molecule has 0 radical (unpaired) electrons. The molecule has 2 saturated heterocycles. The van der Waals surface area contributed by atoms with E-state index in [4.69, 9.17) is 4.74 Å². The van der Waals surface area contributed by atoms with Crippen molar-refractivity contribution in [3.63, 3.8) is 0 Å². The van der Waals surface area contributed by atoms with Crippen LogP contribution in [0.4, 0.5) is 0 Å². The number of carbonyl (C=O) groups excluding carboxylic acids is 2. The van der Waals surface area contributed by atoms with Gasteiger partial charge in [-0.1, -0.05) is 0 Å². The third kappa shape index (κ3) is 2.58. The van der Waals surface area contributed by atoms with E-state index in [-0.39, 0.29) is 30.5 Å². The molecule has 2 amide bonds. The van der Waals surface area contributed by atoms with Crippen LogP contribution in [0.2, 0.25) is 0 Å². The Labute approximate surface area is 101 Å². The fourth-order valence-corrected chi connectivity index (χ4v) is 2.15. The topological polar surface area (TPSA) is 61.9 Å². The number of nitrogens with one attached hydrogen (secondary N) is 1. The molecule has 2 aliphatic rings. The van der Waals surface area contributed by atoms with Gasteiger partial charge in [0.25, 0.3) is 0 Å². The largest absolute Gasteiger partial charge is 0.375 e. The number of rotatable bonds is 1. The monoisotopic (exact) mass is 241 g/mol. The Morgan fingerprint density at radius 2 is 2.24 bits per heavy atom. The van der Waals surface area contributed by atoms with Crippen molar-refractivity contribution in [1.29, 1.82) is 0 Å². The van der Waals surface area contributed by atoms with Gasteiger partial charge in [-0.2, -0.15) is 0 Å². The molecule has 0 aromatic heterocycles. The Bertz CT molecular complexity index is 321. The molecule has 2 atom stereocenters. The third-order valence-electron chi connectivity index (χ3n) is 3.35. The van der Waals surface area contributed by atoms with Crippen LogP contribution in [-0.2, 0) is 14.3 Å². The summed E-state index contributed by atoms with van der Waals surface area (Å²) in [5.41, 5.74) is 0. The molecule has 6 nitrogen and oxygen atoms in total. The van der Waals surface area contributed by atoms with Crippen LogP contribution in [0.15, 0.2) is 0 Å². The van der Waals surface area contributed by atoms with E-state index in [1.165, 1.54) is 0 Å². The van der Waals surface area contributed by atoms with E-state index in [2.05, 4.69) is 5.32 Å². The Morgan fingerprint density at radius 3 is 2.88 bits per heavy atom. The van der Waals surface area contributed by atoms with Gasteiger partial charge in [0.15, 0.2) is 0 Å². The summed E-state index contributed by atoms with van der Waals surface area (Å²) in [5.74, 6) is -0.0346. The van der Waals surface area contributed by atoms with E-state index >= 15 is 0 Å². The number of ether oxygens (including phenoxy) is 1. The highest BCUT2D eigenvalue weighted by atomic mass is 16.5. The second-order valence-electron chi connectivity index (χ2n) is 4.58. The van der Waals surface area contributed by atoms with Gasteiger partial charge in [0.2, 0.25) is 11.8 Å². The van der Waals surface area contributed by atoms with Crippen molar-refractivity contribution in [2.24, 2.45) is 0 Å². The Kier molecular flexibility index (Phi) is 3.63. The number of piperazine rings is 1. The molecule has 0 aliphatic carbocycles. The van der Waals surface area contributed by atoms with E-state index in [0.717, 1.165) is 0 Å². The summed E-state index contributed by atoms with van der Waals surface area (Å²) in [7, 11) is 1.76. The lowest BCUT2D eigenvalue weighted by Crippen LogP contribution is -2.60. The molecule has 0 aromatic rings. The van der Waals surface area contributed by atoms with Crippen LogP contribution in [-0.4, -0.2) is 73.6 Å². The van der Waals surface area contributed by atoms with Crippen molar-refractivity contribution < 1.29 is 14.3 Å². The molecule has 0 saturated carbocycles. The summed E-state index contributed by atoms with van der Waals surface area (Å²) in [6.07, 6.45) is -0.133. The van der Waals surface area contributed by atoms with Crippen LogP contribution in [0.3, 0.4) is 0 Å². The lowest BCUT2D eigenvalue weighted by molar-refractivity contribution is -0.148. The Hall–Kier alpha value is -1.14. The van der Waals surface area contributed by atoms with Crippen LogP contribution >= 0.6 is 0 Å². The summed E-state index contributed by atoms with van der Waals surface area (Å²) < 4.78 is 5.44. The van der Waals surface area contributed by atoms with Gasteiger partial charge in [-0.15, -0.1) is 0 Å². The molecule has 2 rings (SSSR count). The number of morpholine rings is 1. The minimum atomic E-state index is -0.319. The second kappa shape index (κ2) is 5.01. The zero-order valence-corrected chi connectivity index (χ0v) is 10.3. The van der Waals surface area contributed by atoms with Gasteiger partial charge in [0, 0.05) is 26.7 Å². The fraction of sp³-hybridized carbons (Fsp3) is 0.818. The summed E-state index contributed by atoms with van der Waals surface area (Å²) in [6.45, 7) is 4.58. The molecule has 2 heterocycles. The van der Waals surface area contributed by atoms with Crippen molar-refractivity contribution in [3.8, 4) is 0 Å². The second-order valence-corrected chi connectivity index (χ2v) is 4.58. The standard InChI is InChI=1S/C11H19N3O3/c1-8-10(12-3-6-17-8)11(16)14-5-4-13(2)9(15)7-14/h8,10,12H,3-7H2,1-2H3/t8-,10+/m1/s1. The van der Waals surface area contributed by atoms with Crippen molar-refractivity contribution in [1.82, 2.24) is 15.1 Å². The number of hydrogen-bond donors (Lipinski definition) is 1. The number of hydrogen-bond acceptors (Lipinski definition) is 4. The molecule has 2 aliphatic heterocycles. The fourth-order valence-electron chi connectivity index (χ4n) is 2.15. The highest BCUT2D eigenvalue weighted by Crippen LogP contribution is 2.10. The average Bonchev–Trinajstić information content (AvgIpc) is 2.32. The van der Waals surface area contributed by atoms with E-state index in [1.54, 1.807) is 16.8 Å². The molecule has 0 unspecified atom stereocenters. The van der Waals surface area contributed by atoms with E-state index in [9.17, 15) is 9.59 Å². The first-order chi connectivity index (χ1) is 8.09. The molecule has 0 spiro atoms. The maximum atomic E-state index is 12.2. The summed E-state index contributed by atoms with van der Waals surface area (Å²) in [5, 5.41) is 3.15. The van der Waals surface area contributed by atoms with Gasteiger partial charge < -0.3 is 19.9 Å². The highest BCUT2D eigenvalue weighted by Gasteiger charge is 2.34. The minimum Gasteiger partial charge on any atom is -0.375 e. The first kappa shape index (κ1) is 12.3. The van der Waals surface area contributed by atoms with Gasteiger partial charge in [0.05, 0.1) is 19.3 Å². The molecule has 6 heteroatoms. The Morgan fingerprint density at radius 1 is 1.47 bits per heavy atom. The molecule has 17 heavy (non-hydrogen) atoms. The van der Waals surface area contributed by atoms with E-state index in [1.807, 2.05) is 6.92 Å². The molecule has 96 valence electrons. The van der Waals surface area contributed by atoms with E-state index < -0.39 is 0 Å². The van der Waals surface area contributed by atoms with Crippen molar-refractivity contribution in [2.75, 3.05) is 39.8 Å². The van der Waals surface area contributed by atoms with Crippen LogP contribution in [0.5, 0.6) is 0 Å². The maximum absolute atomic E-state index is 12.2. The summed E-state index contributed by atoms with van der Waals surface area (Å²) >= 11 is 0. The zero-order chi connectivity index (χ0) is 12.4. The van der Waals surface area contributed by atoms with Gasteiger partial charge in [-0.25, -0.2) is 0 Å². The van der Waals surface area contributed by atoms with Crippen molar-refractivity contribution in [3.05, 3.63) is 0 Å². The number of nitrogens with zero attached hydrogens (tertiary/aromatic N) is 2. The predicted octanol–water partition coefficient (Wildman–Crippen LogP) is -1.34.